The van der Waals surface area contributed by atoms with Gasteiger partial charge in [-0.1, -0.05) is 45.7 Å². The minimum absolute atomic E-state index is 0.0667. The maximum Gasteiger partial charge on any atom is 0.320 e. The van der Waals surface area contributed by atoms with Crippen molar-refractivity contribution in [1.82, 2.24) is 4.90 Å². The summed E-state index contributed by atoms with van der Waals surface area (Å²) >= 11 is 9.76. The fourth-order valence-electron chi connectivity index (χ4n) is 4.25. The number of hydrogen-bond donors (Lipinski definition) is 0. The molecule has 1 aliphatic rings. The third-order valence-corrected chi connectivity index (χ3v) is 6.29. The molecule has 29 heavy (non-hydrogen) atoms. The molecule has 0 fully saturated rings. The van der Waals surface area contributed by atoms with Crippen molar-refractivity contribution in [2.75, 3.05) is 20.1 Å². The molecular formula is C24H29BrClNO2. The van der Waals surface area contributed by atoms with Crippen molar-refractivity contribution in [3.63, 3.8) is 0 Å². The van der Waals surface area contributed by atoms with Crippen LogP contribution in [0.1, 0.15) is 50.3 Å². The number of benzene rings is 2. The van der Waals surface area contributed by atoms with Crippen LogP contribution in [0.15, 0.2) is 46.9 Å². The van der Waals surface area contributed by atoms with Crippen LogP contribution in [-0.2, 0) is 21.4 Å². The van der Waals surface area contributed by atoms with E-state index in [0.717, 1.165) is 35.3 Å². The van der Waals surface area contributed by atoms with Crippen LogP contribution >= 0.6 is 27.5 Å². The molecule has 0 aliphatic heterocycles. The van der Waals surface area contributed by atoms with E-state index in [1.807, 2.05) is 40.0 Å². The topological polar surface area (TPSA) is 29.5 Å². The SMILES string of the molecule is CN(CC[C@]1(c2ccc(Cl)cc2)CCc2cc(Br)ccc21)CC(=O)OC(C)(C)C. The molecule has 0 N–H and O–H groups in total. The maximum atomic E-state index is 12.2. The van der Waals surface area contributed by atoms with Crippen molar-refractivity contribution < 1.29 is 9.53 Å². The van der Waals surface area contributed by atoms with Gasteiger partial charge in [0.2, 0.25) is 0 Å². The number of esters is 1. The molecule has 0 saturated carbocycles. The molecule has 2 aromatic rings. The normalized spacial score (nSPS) is 18.7. The van der Waals surface area contributed by atoms with Gasteiger partial charge in [-0.2, -0.15) is 0 Å². The second-order valence-corrected chi connectivity index (χ2v) is 10.3. The molecule has 0 radical (unpaired) electrons. The molecule has 1 aliphatic carbocycles. The Morgan fingerprint density at radius 1 is 1.21 bits per heavy atom. The molecular weight excluding hydrogens is 450 g/mol. The molecule has 156 valence electrons. The van der Waals surface area contributed by atoms with Gasteiger partial charge in [0.25, 0.3) is 0 Å². The molecule has 0 saturated heterocycles. The molecule has 0 spiro atoms. The van der Waals surface area contributed by atoms with Crippen LogP contribution in [0, 0.1) is 0 Å². The van der Waals surface area contributed by atoms with E-state index in [4.69, 9.17) is 16.3 Å². The number of halogens is 2. The lowest BCUT2D eigenvalue weighted by Gasteiger charge is -2.33. The molecule has 0 unspecified atom stereocenters. The fourth-order valence-corrected chi connectivity index (χ4v) is 4.78. The zero-order chi connectivity index (χ0) is 21.2. The summed E-state index contributed by atoms with van der Waals surface area (Å²) in [5.74, 6) is -0.184. The summed E-state index contributed by atoms with van der Waals surface area (Å²) in [6.45, 7) is 6.79. The highest BCUT2D eigenvalue weighted by atomic mass is 79.9. The van der Waals surface area contributed by atoms with E-state index in [1.165, 1.54) is 16.7 Å². The summed E-state index contributed by atoms with van der Waals surface area (Å²) in [7, 11) is 1.98. The van der Waals surface area contributed by atoms with Gasteiger partial charge in [-0.05, 0) is 94.6 Å². The van der Waals surface area contributed by atoms with Crippen LogP contribution < -0.4 is 0 Å². The van der Waals surface area contributed by atoms with Gasteiger partial charge in [0.1, 0.15) is 5.60 Å². The molecule has 0 heterocycles. The van der Waals surface area contributed by atoms with Crippen molar-refractivity contribution in [2.24, 2.45) is 0 Å². The number of ether oxygens (including phenoxy) is 1. The van der Waals surface area contributed by atoms with Crippen molar-refractivity contribution in [3.05, 3.63) is 68.7 Å². The van der Waals surface area contributed by atoms with Crippen LogP contribution in [0.2, 0.25) is 5.02 Å². The average molecular weight is 479 g/mol. The van der Waals surface area contributed by atoms with Crippen LogP contribution in [0.4, 0.5) is 0 Å². The first-order valence-electron chi connectivity index (χ1n) is 10.0. The summed E-state index contributed by atoms with van der Waals surface area (Å²) in [5.41, 5.74) is 3.54. The Morgan fingerprint density at radius 3 is 2.55 bits per heavy atom. The van der Waals surface area contributed by atoms with E-state index >= 15 is 0 Å². The number of carbonyl (C=O) groups is 1. The maximum absolute atomic E-state index is 12.2. The molecule has 0 aromatic heterocycles. The van der Waals surface area contributed by atoms with Crippen molar-refractivity contribution in [1.29, 1.82) is 0 Å². The third-order valence-electron chi connectivity index (χ3n) is 5.54. The summed E-state index contributed by atoms with van der Waals surface area (Å²) in [6, 6.07) is 14.8. The third kappa shape index (κ3) is 5.42. The standard InChI is InChI=1S/C24H29BrClNO2/c1-23(2,3)29-22(28)16-27(4)14-13-24(18-5-8-20(26)9-6-18)12-11-17-15-19(25)7-10-21(17)24/h5-10,15H,11-14,16H2,1-4H3/t24-/m0/s1. The van der Waals surface area contributed by atoms with Crippen molar-refractivity contribution >= 4 is 33.5 Å². The van der Waals surface area contributed by atoms with Crippen LogP contribution in [0.25, 0.3) is 0 Å². The van der Waals surface area contributed by atoms with E-state index in [0.29, 0.717) is 6.54 Å². The lowest BCUT2D eigenvalue weighted by atomic mass is 9.73. The minimum atomic E-state index is -0.458. The number of aryl methyl sites for hydroxylation is 1. The second-order valence-electron chi connectivity index (χ2n) is 8.96. The first kappa shape index (κ1) is 22.3. The Balaban J connectivity index is 1.81. The molecule has 3 nitrogen and oxygen atoms in total. The van der Waals surface area contributed by atoms with Crippen LogP contribution in [-0.4, -0.2) is 36.6 Å². The number of rotatable bonds is 6. The zero-order valence-electron chi connectivity index (χ0n) is 17.6. The highest BCUT2D eigenvalue weighted by Crippen LogP contribution is 2.47. The van der Waals surface area contributed by atoms with E-state index in [2.05, 4.69) is 51.2 Å². The average Bonchev–Trinajstić information content (AvgIpc) is 2.97. The van der Waals surface area contributed by atoms with Gasteiger partial charge in [-0.3, -0.25) is 9.69 Å². The fraction of sp³-hybridized carbons (Fsp3) is 0.458. The lowest BCUT2D eigenvalue weighted by Crippen LogP contribution is -2.36. The Kier molecular flexibility index (Phi) is 6.77. The second kappa shape index (κ2) is 8.79. The van der Waals surface area contributed by atoms with Gasteiger partial charge in [-0.25, -0.2) is 0 Å². The Bertz CT molecular complexity index is 875. The first-order valence-corrected chi connectivity index (χ1v) is 11.2. The predicted molar refractivity (Wildman–Crippen MR) is 123 cm³/mol. The number of fused-ring (bicyclic) bond motifs is 1. The summed E-state index contributed by atoms with van der Waals surface area (Å²) in [5, 5.41) is 0.750. The Labute approximate surface area is 187 Å². The van der Waals surface area contributed by atoms with Crippen molar-refractivity contribution in [3.8, 4) is 0 Å². The van der Waals surface area contributed by atoms with Gasteiger partial charge in [-0.15, -0.1) is 0 Å². The smallest absolute Gasteiger partial charge is 0.320 e. The van der Waals surface area contributed by atoms with Crippen LogP contribution in [0.3, 0.4) is 0 Å². The van der Waals surface area contributed by atoms with E-state index in [1.54, 1.807) is 0 Å². The highest BCUT2D eigenvalue weighted by molar-refractivity contribution is 9.10. The summed E-state index contributed by atoms with van der Waals surface area (Å²) in [6.07, 6.45) is 3.04. The van der Waals surface area contributed by atoms with Crippen LogP contribution in [0.5, 0.6) is 0 Å². The Hall–Kier alpha value is -1.36. The molecule has 3 rings (SSSR count). The van der Waals surface area contributed by atoms with Gasteiger partial charge in [0, 0.05) is 14.9 Å². The zero-order valence-corrected chi connectivity index (χ0v) is 19.9. The predicted octanol–water partition coefficient (Wildman–Crippen LogP) is 6.00. The van der Waals surface area contributed by atoms with E-state index in [9.17, 15) is 4.79 Å². The summed E-state index contributed by atoms with van der Waals surface area (Å²) < 4.78 is 6.59. The molecule has 0 amide bonds. The molecule has 2 aromatic carbocycles. The number of likely N-dealkylation sites (N-methyl/N-ethyl adjacent to an activating group) is 1. The van der Waals surface area contributed by atoms with E-state index < -0.39 is 5.60 Å². The van der Waals surface area contributed by atoms with Gasteiger partial charge < -0.3 is 4.74 Å². The number of hydrogen-bond acceptors (Lipinski definition) is 3. The molecule has 1 atom stereocenters. The first-order chi connectivity index (χ1) is 13.6. The minimum Gasteiger partial charge on any atom is -0.459 e. The number of nitrogens with zero attached hydrogens (tertiary/aromatic N) is 1. The van der Waals surface area contributed by atoms with Gasteiger partial charge >= 0.3 is 5.97 Å². The van der Waals surface area contributed by atoms with E-state index in [-0.39, 0.29) is 11.4 Å². The lowest BCUT2D eigenvalue weighted by molar-refractivity contribution is -0.155. The highest BCUT2D eigenvalue weighted by Gasteiger charge is 2.40. The van der Waals surface area contributed by atoms with Crippen molar-refractivity contribution in [2.45, 2.75) is 51.0 Å². The summed E-state index contributed by atoms with van der Waals surface area (Å²) in [4.78, 5) is 14.3. The molecule has 5 heteroatoms. The largest absolute Gasteiger partial charge is 0.459 e. The monoisotopic (exact) mass is 477 g/mol. The Morgan fingerprint density at radius 2 is 1.90 bits per heavy atom. The van der Waals surface area contributed by atoms with Gasteiger partial charge in [0.05, 0.1) is 6.54 Å². The quantitative estimate of drug-likeness (QED) is 0.477. The molecule has 0 bridgehead atoms. The van der Waals surface area contributed by atoms with Gasteiger partial charge in [0.15, 0.2) is 0 Å². The number of carbonyl (C=O) groups excluding carboxylic acids is 1.